The summed E-state index contributed by atoms with van der Waals surface area (Å²) in [7, 11) is -1.33. The molecule has 2 aliphatic rings. The molecule has 1 heterocycles. The zero-order chi connectivity index (χ0) is 21.0. The van der Waals surface area contributed by atoms with Crippen LogP contribution < -0.4 is 10.2 Å². The summed E-state index contributed by atoms with van der Waals surface area (Å²) in [5, 5.41) is 2.63. The Morgan fingerprint density at radius 1 is 1.17 bits per heavy atom. The minimum atomic E-state index is -3.08. The average molecular weight is 427 g/mol. The Labute approximate surface area is 171 Å². The van der Waals surface area contributed by atoms with Crippen LogP contribution in [0.15, 0.2) is 24.3 Å². The molecule has 1 saturated heterocycles. The summed E-state index contributed by atoms with van der Waals surface area (Å²) in [6, 6.07) is 5.48. The van der Waals surface area contributed by atoms with Gasteiger partial charge in [-0.1, -0.05) is 18.9 Å². The Balaban J connectivity index is 1.58. The first-order valence-corrected chi connectivity index (χ1v) is 11.9. The van der Waals surface area contributed by atoms with Crippen molar-refractivity contribution in [1.29, 1.82) is 0 Å². The molecule has 29 heavy (non-hydrogen) atoms. The van der Waals surface area contributed by atoms with E-state index in [0.29, 0.717) is 17.0 Å². The highest BCUT2D eigenvalue weighted by Gasteiger charge is 2.39. The number of quaternary nitrogens is 1. The summed E-state index contributed by atoms with van der Waals surface area (Å²) in [6.07, 6.45) is 4.39. The number of halogens is 1. The molecule has 1 aromatic carbocycles. The molecule has 2 N–H and O–H groups in total. The number of amides is 2. The van der Waals surface area contributed by atoms with Gasteiger partial charge in [0.2, 0.25) is 0 Å². The molecular weight excluding hydrogens is 397 g/mol. The van der Waals surface area contributed by atoms with Gasteiger partial charge in [0.05, 0.1) is 18.6 Å². The Morgan fingerprint density at radius 2 is 1.90 bits per heavy atom. The van der Waals surface area contributed by atoms with Crippen LogP contribution >= 0.6 is 0 Å². The van der Waals surface area contributed by atoms with Crippen LogP contribution in [0.2, 0.25) is 0 Å². The van der Waals surface area contributed by atoms with Gasteiger partial charge in [-0.15, -0.1) is 0 Å². The van der Waals surface area contributed by atoms with Crippen molar-refractivity contribution >= 4 is 27.3 Å². The van der Waals surface area contributed by atoms with Gasteiger partial charge in [0.1, 0.15) is 5.82 Å². The molecule has 0 spiro atoms. The van der Waals surface area contributed by atoms with Gasteiger partial charge in [-0.3, -0.25) is 9.59 Å². The maximum absolute atomic E-state index is 13.2. The van der Waals surface area contributed by atoms with Crippen LogP contribution in [0.3, 0.4) is 0 Å². The van der Waals surface area contributed by atoms with Crippen LogP contribution in [0, 0.1) is 5.82 Å². The van der Waals surface area contributed by atoms with Crippen molar-refractivity contribution in [3.63, 3.8) is 0 Å². The van der Waals surface area contributed by atoms with Gasteiger partial charge in [0.15, 0.2) is 22.9 Å². The second-order valence-corrected chi connectivity index (χ2v) is 10.4. The van der Waals surface area contributed by atoms with Crippen molar-refractivity contribution in [2.45, 2.75) is 44.2 Å². The number of sulfone groups is 1. The van der Waals surface area contributed by atoms with Crippen LogP contribution in [0.25, 0.3) is 0 Å². The Bertz CT molecular complexity index is 855. The lowest BCUT2D eigenvalue weighted by Crippen LogP contribution is -3.11. The predicted molar refractivity (Wildman–Crippen MR) is 108 cm³/mol. The van der Waals surface area contributed by atoms with Gasteiger partial charge in [0, 0.05) is 17.8 Å². The van der Waals surface area contributed by atoms with Gasteiger partial charge in [-0.05, 0) is 37.5 Å². The molecule has 3 rings (SSSR count). The maximum atomic E-state index is 13.2. The number of carbonyl (C=O) groups is 2. The number of rotatable bonds is 7. The zero-order valence-electron chi connectivity index (χ0n) is 16.7. The quantitative estimate of drug-likeness (QED) is 0.654. The van der Waals surface area contributed by atoms with E-state index in [1.165, 1.54) is 18.2 Å². The summed E-state index contributed by atoms with van der Waals surface area (Å²) in [6.45, 7) is 0.174. The Hall–Kier alpha value is -2.00. The molecule has 2 amide bonds. The maximum Gasteiger partial charge on any atom is 0.279 e. The molecule has 2 atom stereocenters. The van der Waals surface area contributed by atoms with Crippen LogP contribution in [-0.4, -0.2) is 68.9 Å². The monoisotopic (exact) mass is 426 g/mol. The molecule has 0 bridgehead atoms. The van der Waals surface area contributed by atoms with Crippen LogP contribution in [-0.2, 0) is 19.4 Å². The highest BCUT2D eigenvalue weighted by Crippen LogP contribution is 2.29. The molecule has 0 aromatic heterocycles. The summed E-state index contributed by atoms with van der Waals surface area (Å²) in [4.78, 5) is 27.8. The van der Waals surface area contributed by atoms with Gasteiger partial charge in [-0.25, -0.2) is 12.8 Å². The van der Waals surface area contributed by atoms with Crippen molar-refractivity contribution in [1.82, 2.24) is 4.90 Å². The summed E-state index contributed by atoms with van der Waals surface area (Å²) >= 11 is 0. The highest BCUT2D eigenvalue weighted by atomic mass is 32.2. The van der Waals surface area contributed by atoms with Crippen LogP contribution in [0.4, 0.5) is 10.1 Å². The minimum absolute atomic E-state index is 0.0361. The molecule has 1 aliphatic heterocycles. The third kappa shape index (κ3) is 5.99. The van der Waals surface area contributed by atoms with Crippen molar-refractivity contribution in [2.75, 3.05) is 37.0 Å². The van der Waals surface area contributed by atoms with Crippen LogP contribution in [0.5, 0.6) is 0 Å². The molecule has 1 aliphatic carbocycles. The first kappa shape index (κ1) is 21.7. The topological polar surface area (TPSA) is 88.0 Å². The molecule has 7 nitrogen and oxygen atoms in total. The van der Waals surface area contributed by atoms with E-state index in [1.807, 2.05) is 0 Å². The first-order chi connectivity index (χ1) is 13.7. The second-order valence-electron chi connectivity index (χ2n) is 8.17. The number of nitrogens with zero attached hydrogens (tertiary/aromatic N) is 1. The average Bonchev–Trinajstić information content (AvgIpc) is 3.25. The highest BCUT2D eigenvalue weighted by molar-refractivity contribution is 7.91. The molecule has 1 aromatic rings. The molecule has 0 radical (unpaired) electrons. The van der Waals surface area contributed by atoms with E-state index in [1.54, 1.807) is 18.0 Å². The summed E-state index contributed by atoms with van der Waals surface area (Å²) in [5.41, 5.74) is 0.373. The van der Waals surface area contributed by atoms with E-state index in [2.05, 4.69) is 5.32 Å². The third-order valence-corrected chi connectivity index (χ3v) is 7.38. The largest absolute Gasteiger partial charge is 0.331 e. The number of nitrogens with one attached hydrogen (secondary N) is 2. The fraction of sp³-hybridized carbons (Fsp3) is 0.600. The summed E-state index contributed by atoms with van der Waals surface area (Å²) < 4.78 is 37.1. The predicted octanol–water partition coefficient (Wildman–Crippen LogP) is 0.237. The number of hydrogen-bond donors (Lipinski definition) is 2. The van der Waals surface area contributed by atoms with E-state index >= 15 is 0 Å². The number of likely N-dealkylation sites (N-methyl/N-ethyl adjacent to an activating group) is 1. The number of hydrogen-bond acceptors (Lipinski definition) is 4. The van der Waals surface area contributed by atoms with E-state index in [4.69, 9.17) is 0 Å². The first-order valence-electron chi connectivity index (χ1n) is 10.1. The molecule has 2 fully saturated rings. The van der Waals surface area contributed by atoms with Crippen molar-refractivity contribution in [3.05, 3.63) is 30.1 Å². The normalized spacial score (nSPS) is 22.3. The molecular formula is C20H29FN3O4S+. The molecule has 160 valence electrons. The number of carbonyl (C=O) groups excluding carboxylic acids is 2. The molecule has 1 unspecified atom stereocenters. The smallest absolute Gasteiger partial charge is 0.279 e. The van der Waals surface area contributed by atoms with Crippen LogP contribution in [0.1, 0.15) is 32.1 Å². The number of anilines is 1. The lowest BCUT2D eigenvalue weighted by atomic mass is 10.1. The van der Waals surface area contributed by atoms with Crippen molar-refractivity contribution < 1.29 is 27.3 Å². The lowest BCUT2D eigenvalue weighted by Gasteiger charge is -2.34. The van der Waals surface area contributed by atoms with E-state index in [0.717, 1.165) is 25.7 Å². The van der Waals surface area contributed by atoms with Crippen molar-refractivity contribution in [2.24, 2.45) is 0 Å². The fourth-order valence-electron chi connectivity index (χ4n) is 4.34. The Morgan fingerprint density at radius 3 is 2.52 bits per heavy atom. The van der Waals surface area contributed by atoms with E-state index in [9.17, 15) is 22.4 Å². The van der Waals surface area contributed by atoms with Gasteiger partial charge < -0.3 is 15.1 Å². The number of benzene rings is 1. The van der Waals surface area contributed by atoms with Crippen molar-refractivity contribution in [3.8, 4) is 0 Å². The standard InChI is InChI=1S/C20H28FN3O4S/c1-23(12-19(25)22-16-6-4-5-15(21)11-16)13-20(26)24(17-7-2-3-8-17)18-9-10-29(27,28)14-18/h4-6,11,17-18H,2-3,7-10,12-14H2,1H3,(H,22,25)/p+1/t18-/m1/s1. The fourth-order valence-corrected chi connectivity index (χ4v) is 6.05. The third-order valence-electron chi connectivity index (χ3n) is 5.63. The minimum Gasteiger partial charge on any atom is -0.331 e. The van der Waals surface area contributed by atoms with E-state index < -0.39 is 15.7 Å². The van der Waals surface area contributed by atoms with Gasteiger partial charge in [-0.2, -0.15) is 0 Å². The van der Waals surface area contributed by atoms with E-state index in [-0.39, 0.29) is 48.5 Å². The summed E-state index contributed by atoms with van der Waals surface area (Å²) in [5.74, 6) is -0.675. The lowest BCUT2D eigenvalue weighted by molar-refractivity contribution is -0.862. The second kappa shape index (κ2) is 9.21. The molecule has 9 heteroatoms. The Kier molecular flexibility index (Phi) is 6.89. The van der Waals surface area contributed by atoms with Gasteiger partial charge in [0.25, 0.3) is 11.8 Å². The zero-order valence-corrected chi connectivity index (χ0v) is 17.5. The SMILES string of the molecule is C[NH+](CC(=O)Nc1cccc(F)c1)CC(=O)N(C1CCCC1)[C@@H]1CCS(=O)(=O)C1. The molecule has 1 saturated carbocycles. The van der Waals surface area contributed by atoms with Gasteiger partial charge >= 0.3 is 0 Å².